The summed E-state index contributed by atoms with van der Waals surface area (Å²) in [5, 5.41) is 13.9. The van der Waals surface area contributed by atoms with Crippen molar-refractivity contribution in [3.8, 4) is 5.75 Å². The first-order valence-electron chi connectivity index (χ1n) is 8.35. The number of ether oxygens (including phenoxy) is 2. The van der Waals surface area contributed by atoms with E-state index in [4.69, 9.17) is 9.47 Å². The van der Waals surface area contributed by atoms with Gasteiger partial charge in [-0.3, -0.25) is 9.69 Å². The highest BCUT2D eigenvalue weighted by atomic mass is 16.6. The number of nitrogens with zero attached hydrogens (tertiary/aromatic N) is 1. The number of rotatable bonds is 3. The van der Waals surface area contributed by atoms with Crippen molar-refractivity contribution in [2.45, 2.75) is 29.9 Å². The molecule has 2 N–H and O–H groups in total. The molecule has 3 aliphatic rings. The summed E-state index contributed by atoms with van der Waals surface area (Å²) in [7, 11) is 3.18. The molecule has 136 valence electrons. The molecule has 2 amide bonds. The molecule has 1 aromatic carbocycles. The zero-order chi connectivity index (χ0) is 18.6. The number of aliphatic hydroxyl groups is 1. The largest absolute Gasteiger partial charge is 0.497 e. The van der Waals surface area contributed by atoms with Crippen molar-refractivity contribution < 1.29 is 24.2 Å². The summed E-state index contributed by atoms with van der Waals surface area (Å²) in [5.41, 5.74) is -2.96. The number of hydrogen-bond donors (Lipinski definition) is 2. The minimum Gasteiger partial charge on any atom is -0.497 e. The van der Waals surface area contributed by atoms with Crippen LogP contribution in [0.2, 0.25) is 0 Å². The quantitative estimate of drug-likeness (QED) is 0.848. The number of nitrogens with one attached hydrogen (secondary N) is 1. The zero-order valence-electron chi connectivity index (χ0n) is 14.6. The number of ketones is 1. The highest BCUT2D eigenvalue weighted by Gasteiger charge is 2.71. The summed E-state index contributed by atoms with van der Waals surface area (Å²) in [6.07, 6.45) is 6.52. The van der Waals surface area contributed by atoms with Crippen molar-refractivity contribution in [3.05, 3.63) is 54.1 Å². The third-order valence-corrected chi connectivity index (χ3v) is 5.36. The van der Waals surface area contributed by atoms with Crippen LogP contribution in [0.15, 0.2) is 48.6 Å². The maximum Gasteiger partial charge on any atom is 0.321 e. The highest BCUT2D eigenvalue weighted by molar-refractivity contribution is 6.00. The Kier molecular flexibility index (Phi) is 3.51. The van der Waals surface area contributed by atoms with Gasteiger partial charge in [0.2, 0.25) is 0 Å². The lowest BCUT2D eigenvalue weighted by atomic mass is 9.87. The van der Waals surface area contributed by atoms with Gasteiger partial charge in [0, 0.05) is 19.9 Å². The van der Waals surface area contributed by atoms with Gasteiger partial charge in [0.15, 0.2) is 17.2 Å². The Balaban J connectivity index is 1.73. The summed E-state index contributed by atoms with van der Waals surface area (Å²) >= 11 is 0. The van der Waals surface area contributed by atoms with Crippen molar-refractivity contribution >= 4 is 11.8 Å². The Morgan fingerprint density at radius 2 is 1.88 bits per heavy atom. The summed E-state index contributed by atoms with van der Waals surface area (Å²) in [6, 6.07) is 6.97. The molecule has 2 aliphatic heterocycles. The van der Waals surface area contributed by atoms with Crippen molar-refractivity contribution in [2.75, 3.05) is 14.2 Å². The minimum atomic E-state index is -1.59. The van der Waals surface area contributed by atoms with Crippen molar-refractivity contribution in [1.82, 2.24) is 10.2 Å². The van der Waals surface area contributed by atoms with E-state index in [-0.39, 0.29) is 18.6 Å². The predicted molar refractivity (Wildman–Crippen MR) is 92.4 cm³/mol. The van der Waals surface area contributed by atoms with Crippen LogP contribution in [0.25, 0.3) is 0 Å². The molecule has 0 radical (unpaired) electrons. The molecular weight excluding hydrogens is 336 g/mol. The molecule has 2 unspecified atom stereocenters. The zero-order valence-corrected chi connectivity index (χ0v) is 14.6. The van der Waals surface area contributed by atoms with Crippen LogP contribution in [0, 0.1) is 0 Å². The van der Waals surface area contributed by atoms with Gasteiger partial charge in [0.05, 0.1) is 7.11 Å². The lowest BCUT2D eigenvalue weighted by Crippen LogP contribution is -2.59. The number of carbonyl (C=O) groups excluding carboxylic acids is 2. The minimum absolute atomic E-state index is 0.118. The maximum atomic E-state index is 12.3. The lowest BCUT2D eigenvalue weighted by molar-refractivity contribution is -0.183. The number of fused-ring (bicyclic) bond motifs is 1. The van der Waals surface area contributed by atoms with Crippen LogP contribution in [-0.4, -0.2) is 53.0 Å². The van der Waals surface area contributed by atoms with E-state index in [0.29, 0.717) is 0 Å². The molecule has 7 heteroatoms. The molecule has 1 aliphatic carbocycles. The van der Waals surface area contributed by atoms with Gasteiger partial charge < -0.3 is 19.9 Å². The van der Waals surface area contributed by atoms with Crippen LogP contribution in [0.5, 0.6) is 5.75 Å². The Bertz CT molecular complexity index is 815. The van der Waals surface area contributed by atoms with Crippen LogP contribution >= 0.6 is 0 Å². The fourth-order valence-electron chi connectivity index (χ4n) is 3.95. The second-order valence-electron chi connectivity index (χ2n) is 6.96. The third kappa shape index (κ3) is 2.28. The van der Waals surface area contributed by atoms with Gasteiger partial charge in [-0.25, -0.2) is 4.79 Å². The first kappa shape index (κ1) is 16.8. The van der Waals surface area contributed by atoms with Gasteiger partial charge in [0.1, 0.15) is 11.4 Å². The molecule has 1 spiro atoms. The molecule has 2 saturated heterocycles. The second-order valence-corrected chi connectivity index (χ2v) is 6.96. The van der Waals surface area contributed by atoms with E-state index < -0.39 is 23.1 Å². The standard InChI is InChI=1S/C19H20N2O5/c1-21-16(23)20-18(24)12-17(9-7-14(22)8-10-17)26-19(18,21)11-13-3-5-15(25-2)6-4-13/h3-10,24H,11-12H2,1-2H3,(H,20,23). The van der Waals surface area contributed by atoms with Gasteiger partial charge in [-0.05, 0) is 42.0 Å². The molecule has 2 fully saturated rings. The van der Waals surface area contributed by atoms with Gasteiger partial charge in [-0.1, -0.05) is 12.1 Å². The van der Waals surface area contributed by atoms with E-state index >= 15 is 0 Å². The molecule has 7 nitrogen and oxygen atoms in total. The first-order chi connectivity index (χ1) is 12.3. The number of amides is 2. The highest BCUT2D eigenvalue weighted by Crippen LogP contribution is 2.52. The summed E-state index contributed by atoms with van der Waals surface area (Å²) in [6.45, 7) is 0. The number of urea groups is 1. The fraction of sp³-hybridized carbons (Fsp3) is 0.368. The number of allylic oxidation sites excluding steroid dienone is 2. The molecule has 0 bridgehead atoms. The van der Waals surface area contributed by atoms with E-state index in [1.54, 1.807) is 26.3 Å². The smallest absolute Gasteiger partial charge is 0.321 e. The Hall–Kier alpha value is -2.64. The summed E-state index contributed by atoms with van der Waals surface area (Å²) in [5.74, 6) is 0.584. The Morgan fingerprint density at radius 3 is 2.50 bits per heavy atom. The topological polar surface area (TPSA) is 88.1 Å². The van der Waals surface area contributed by atoms with Crippen molar-refractivity contribution in [3.63, 3.8) is 0 Å². The predicted octanol–water partition coefficient (Wildman–Crippen LogP) is 1.13. The Labute approximate surface area is 150 Å². The van der Waals surface area contributed by atoms with E-state index in [9.17, 15) is 14.7 Å². The molecule has 2 atom stereocenters. The number of methoxy groups -OCH3 is 1. The van der Waals surface area contributed by atoms with E-state index in [2.05, 4.69) is 5.32 Å². The van der Waals surface area contributed by atoms with Crippen molar-refractivity contribution in [2.24, 2.45) is 0 Å². The lowest BCUT2D eigenvalue weighted by Gasteiger charge is -2.38. The number of hydrogen-bond acceptors (Lipinski definition) is 5. The number of carbonyl (C=O) groups is 2. The SMILES string of the molecule is COc1ccc(CC23OC4(C=CC(=O)C=C4)CC2(O)NC(=O)N3C)cc1. The van der Waals surface area contributed by atoms with Crippen LogP contribution in [0.4, 0.5) is 4.79 Å². The van der Waals surface area contributed by atoms with Crippen LogP contribution in [0.3, 0.4) is 0 Å². The van der Waals surface area contributed by atoms with Crippen LogP contribution in [-0.2, 0) is 16.0 Å². The average molecular weight is 356 g/mol. The first-order valence-corrected chi connectivity index (χ1v) is 8.35. The van der Waals surface area contributed by atoms with Gasteiger partial charge in [-0.2, -0.15) is 0 Å². The molecule has 1 aromatic rings. The normalized spacial score (nSPS) is 31.4. The molecule has 0 saturated carbocycles. The molecule has 4 rings (SSSR count). The summed E-state index contributed by atoms with van der Waals surface area (Å²) < 4.78 is 11.5. The number of benzene rings is 1. The molecular formula is C19H20N2O5. The Morgan fingerprint density at radius 1 is 1.23 bits per heavy atom. The fourth-order valence-corrected chi connectivity index (χ4v) is 3.95. The second kappa shape index (κ2) is 5.43. The number of likely N-dealkylation sites (N-methyl/N-ethyl adjacent to an activating group) is 1. The van der Waals surface area contributed by atoms with E-state index in [0.717, 1.165) is 11.3 Å². The third-order valence-electron chi connectivity index (χ3n) is 5.36. The van der Waals surface area contributed by atoms with Crippen LogP contribution in [0.1, 0.15) is 12.0 Å². The van der Waals surface area contributed by atoms with Gasteiger partial charge in [0.25, 0.3) is 0 Å². The van der Waals surface area contributed by atoms with Gasteiger partial charge >= 0.3 is 6.03 Å². The molecule has 2 heterocycles. The van der Waals surface area contributed by atoms with Crippen LogP contribution < -0.4 is 10.1 Å². The maximum absolute atomic E-state index is 12.3. The van der Waals surface area contributed by atoms with Gasteiger partial charge in [-0.15, -0.1) is 0 Å². The van der Waals surface area contributed by atoms with E-state index in [1.165, 1.54) is 17.1 Å². The average Bonchev–Trinajstić information content (AvgIpc) is 2.95. The monoisotopic (exact) mass is 356 g/mol. The van der Waals surface area contributed by atoms with Crippen molar-refractivity contribution in [1.29, 1.82) is 0 Å². The summed E-state index contributed by atoms with van der Waals surface area (Å²) in [4.78, 5) is 25.2. The van der Waals surface area contributed by atoms with E-state index in [1.807, 2.05) is 24.3 Å². The molecule has 0 aromatic heterocycles. The molecule has 26 heavy (non-hydrogen) atoms.